The van der Waals surface area contributed by atoms with Crippen molar-refractivity contribution in [2.24, 2.45) is 0 Å². The zero-order valence-corrected chi connectivity index (χ0v) is 24.7. The number of fused-ring (bicyclic) bond motifs is 4. The van der Waals surface area contributed by atoms with Gasteiger partial charge in [-0.25, -0.2) is 8.42 Å². The molecule has 2 aliphatic rings. The summed E-state index contributed by atoms with van der Waals surface area (Å²) in [6.45, 7) is 5.20. The van der Waals surface area contributed by atoms with Crippen LogP contribution < -0.4 is 14.4 Å². The number of carbonyl (C=O) groups is 1. The first-order valence-corrected chi connectivity index (χ1v) is 16.1. The van der Waals surface area contributed by atoms with Gasteiger partial charge in [0.05, 0.1) is 38.6 Å². The molecule has 3 aromatic rings. The average molecular weight is 580 g/mol. The smallest absolute Gasteiger partial charge is 0.308 e. The molecule has 41 heavy (non-hydrogen) atoms. The quantitative estimate of drug-likeness (QED) is 0.224. The van der Waals surface area contributed by atoms with E-state index in [0.29, 0.717) is 26.2 Å². The lowest BCUT2D eigenvalue weighted by atomic mass is 9.96. The molecule has 218 valence electrons. The van der Waals surface area contributed by atoms with Gasteiger partial charge in [0.1, 0.15) is 27.9 Å². The highest BCUT2D eigenvalue weighted by molar-refractivity contribution is 7.90. The second-order valence-electron chi connectivity index (χ2n) is 10.6. The second-order valence-corrected chi connectivity index (χ2v) is 12.8. The maximum atomic E-state index is 11.7. The maximum absolute atomic E-state index is 11.7. The van der Waals surface area contributed by atoms with Crippen molar-refractivity contribution in [2.75, 3.05) is 43.7 Å². The summed E-state index contributed by atoms with van der Waals surface area (Å²) >= 11 is 0. The van der Waals surface area contributed by atoms with E-state index in [2.05, 4.69) is 42.2 Å². The van der Waals surface area contributed by atoms with Crippen molar-refractivity contribution in [1.29, 1.82) is 0 Å². The lowest BCUT2D eigenvalue weighted by Gasteiger charge is -2.23. The zero-order valence-electron chi connectivity index (χ0n) is 23.9. The Kier molecular flexibility index (Phi) is 8.85. The van der Waals surface area contributed by atoms with Crippen molar-refractivity contribution >= 4 is 21.5 Å². The number of sulfone groups is 1. The molecule has 2 heterocycles. The van der Waals surface area contributed by atoms with E-state index in [1.54, 1.807) is 0 Å². The Morgan fingerprint density at radius 1 is 1.00 bits per heavy atom. The fourth-order valence-corrected chi connectivity index (χ4v) is 6.11. The van der Waals surface area contributed by atoms with Crippen molar-refractivity contribution in [2.45, 2.75) is 45.5 Å². The van der Waals surface area contributed by atoms with E-state index < -0.39 is 9.84 Å². The molecular weight excluding hydrogens is 542 g/mol. The Morgan fingerprint density at radius 3 is 2.56 bits per heavy atom. The van der Waals surface area contributed by atoms with Gasteiger partial charge in [0.25, 0.3) is 0 Å². The second kappa shape index (κ2) is 12.5. The molecule has 0 saturated carbocycles. The molecule has 3 aromatic carbocycles. The normalized spacial score (nSPS) is 15.9. The number of hydrogen-bond acceptors (Lipinski definition) is 8. The minimum absolute atomic E-state index is 0.122. The molecule has 0 amide bonds. The molecule has 0 saturated heterocycles. The van der Waals surface area contributed by atoms with E-state index in [0.717, 1.165) is 53.3 Å². The van der Waals surface area contributed by atoms with Crippen LogP contribution >= 0.6 is 0 Å². The third-order valence-electron chi connectivity index (χ3n) is 7.62. The third kappa shape index (κ3) is 7.02. The van der Waals surface area contributed by atoms with Crippen molar-refractivity contribution in [3.8, 4) is 22.6 Å². The molecule has 1 unspecified atom stereocenters. The number of carbonyl (C=O) groups excluding carboxylic acids is 1. The predicted octanol–water partition coefficient (Wildman–Crippen LogP) is 5.26. The number of hydrogen-bond donors (Lipinski definition) is 0. The standard InChI is InChI=1S/C32H37NO7S/c1-4-33-13-12-23-17-25(38-14-5-15-41(3,35)36)7-9-27(23)29-16-22(6-11-30(29)33)20-39-26-8-10-28-24(18-26)21-40-31(28)19-32(34)37-2/h6-11,16-18,31H,4-5,12-15,19-21H2,1-3H3. The van der Waals surface area contributed by atoms with Gasteiger partial charge in [-0.3, -0.25) is 4.79 Å². The number of benzene rings is 3. The van der Waals surface area contributed by atoms with Gasteiger partial charge in [0.15, 0.2) is 0 Å². The van der Waals surface area contributed by atoms with E-state index in [1.807, 2.05) is 24.3 Å². The predicted molar refractivity (Wildman–Crippen MR) is 158 cm³/mol. The SMILES string of the molecule is CCN1CCc2cc(OCCCS(C)(=O)=O)ccc2-c2cc(COc3ccc4c(c3)COC4CC(=O)OC)ccc21. The van der Waals surface area contributed by atoms with E-state index in [-0.39, 0.29) is 24.2 Å². The number of methoxy groups -OCH3 is 1. The molecule has 0 fully saturated rings. The van der Waals surface area contributed by atoms with Gasteiger partial charge in [-0.05, 0) is 84.0 Å². The van der Waals surface area contributed by atoms with Gasteiger partial charge in [0.2, 0.25) is 0 Å². The first-order chi connectivity index (χ1) is 19.7. The Labute approximate surface area is 242 Å². The highest BCUT2D eigenvalue weighted by Crippen LogP contribution is 2.39. The van der Waals surface area contributed by atoms with E-state index >= 15 is 0 Å². The summed E-state index contributed by atoms with van der Waals surface area (Å²) < 4.78 is 45.5. The summed E-state index contributed by atoms with van der Waals surface area (Å²) in [5, 5.41) is 0. The number of anilines is 1. The minimum Gasteiger partial charge on any atom is -0.494 e. The minimum atomic E-state index is -2.99. The fourth-order valence-electron chi connectivity index (χ4n) is 5.47. The largest absolute Gasteiger partial charge is 0.494 e. The summed E-state index contributed by atoms with van der Waals surface area (Å²) in [4.78, 5) is 14.1. The van der Waals surface area contributed by atoms with Gasteiger partial charge in [-0.2, -0.15) is 0 Å². The Bertz CT molecular complexity index is 1520. The van der Waals surface area contributed by atoms with Gasteiger partial charge < -0.3 is 23.8 Å². The van der Waals surface area contributed by atoms with Crippen molar-refractivity contribution in [3.05, 3.63) is 76.9 Å². The first-order valence-electron chi connectivity index (χ1n) is 14.0. The summed E-state index contributed by atoms with van der Waals surface area (Å²) in [7, 11) is -1.61. The summed E-state index contributed by atoms with van der Waals surface area (Å²) in [5.41, 5.74) is 7.84. The summed E-state index contributed by atoms with van der Waals surface area (Å²) in [6, 6.07) is 18.5. The molecule has 0 spiro atoms. The fraction of sp³-hybridized carbons (Fsp3) is 0.406. The molecule has 9 heteroatoms. The number of nitrogens with zero attached hydrogens (tertiary/aromatic N) is 1. The average Bonchev–Trinajstić information content (AvgIpc) is 3.28. The molecule has 0 aliphatic carbocycles. The molecular formula is C32H37NO7S. The number of ether oxygens (including phenoxy) is 4. The molecule has 2 aliphatic heterocycles. The van der Waals surface area contributed by atoms with Crippen molar-refractivity contribution < 1.29 is 32.2 Å². The Morgan fingerprint density at radius 2 is 1.78 bits per heavy atom. The van der Waals surface area contributed by atoms with Crippen LogP contribution in [0.1, 0.15) is 48.1 Å². The highest BCUT2D eigenvalue weighted by atomic mass is 32.2. The summed E-state index contributed by atoms with van der Waals surface area (Å²) in [5.74, 6) is 1.35. The van der Waals surface area contributed by atoms with Crippen molar-refractivity contribution in [1.82, 2.24) is 0 Å². The van der Waals surface area contributed by atoms with Crippen LogP contribution in [0.25, 0.3) is 11.1 Å². The molecule has 0 radical (unpaired) electrons. The maximum Gasteiger partial charge on any atom is 0.308 e. The summed E-state index contributed by atoms with van der Waals surface area (Å²) in [6.07, 6.45) is 2.52. The van der Waals surface area contributed by atoms with Crippen molar-refractivity contribution in [3.63, 3.8) is 0 Å². The molecule has 0 N–H and O–H groups in total. The molecule has 5 rings (SSSR count). The van der Waals surface area contributed by atoms with Gasteiger partial charge in [0, 0.05) is 30.6 Å². The monoisotopic (exact) mass is 579 g/mol. The number of esters is 1. The third-order valence-corrected chi connectivity index (χ3v) is 8.65. The van der Waals surface area contributed by atoms with Crippen LogP contribution in [0.3, 0.4) is 0 Å². The Hall–Kier alpha value is -3.56. The first kappa shape index (κ1) is 29.0. The highest BCUT2D eigenvalue weighted by Gasteiger charge is 2.26. The van der Waals surface area contributed by atoms with Gasteiger partial charge in [-0.1, -0.05) is 18.2 Å². The van der Waals surface area contributed by atoms with Crippen LogP contribution in [0.4, 0.5) is 5.69 Å². The molecule has 0 bridgehead atoms. The van der Waals surface area contributed by atoms with Gasteiger partial charge >= 0.3 is 5.97 Å². The lowest BCUT2D eigenvalue weighted by Crippen LogP contribution is -2.24. The number of likely N-dealkylation sites (N-methyl/N-ethyl adjacent to an activating group) is 1. The molecule has 8 nitrogen and oxygen atoms in total. The van der Waals surface area contributed by atoms with Crippen LogP contribution in [-0.4, -0.2) is 53.2 Å². The van der Waals surface area contributed by atoms with E-state index in [9.17, 15) is 13.2 Å². The van der Waals surface area contributed by atoms with E-state index in [1.165, 1.54) is 30.2 Å². The van der Waals surface area contributed by atoms with Crippen LogP contribution in [0.2, 0.25) is 0 Å². The van der Waals surface area contributed by atoms with Crippen LogP contribution in [0, 0.1) is 0 Å². The number of rotatable bonds is 11. The van der Waals surface area contributed by atoms with Crippen LogP contribution in [0.15, 0.2) is 54.6 Å². The van der Waals surface area contributed by atoms with E-state index in [4.69, 9.17) is 18.9 Å². The van der Waals surface area contributed by atoms with Gasteiger partial charge in [-0.15, -0.1) is 0 Å². The van der Waals surface area contributed by atoms with Crippen LogP contribution in [-0.2, 0) is 43.7 Å². The topological polar surface area (TPSA) is 91.4 Å². The molecule has 1 atom stereocenters. The van der Waals surface area contributed by atoms with Crippen LogP contribution in [0.5, 0.6) is 11.5 Å². The molecule has 0 aromatic heterocycles. The lowest BCUT2D eigenvalue weighted by molar-refractivity contribution is -0.143. The zero-order chi connectivity index (χ0) is 29.0. The Balaban J connectivity index is 1.31.